The van der Waals surface area contributed by atoms with Crippen LogP contribution in [0.15, 0.2) is 16.8 Å². The van der Waals surface area contributed by atoms with Crippen molar-refractivity contribution in [2.45, 2.75) is 19.0 Å². The minimum Gasteiger partial charge on any atom is -0.480 e. The number of amides is 2. The quantitative estimate of drug-likeness (QED) is 0.674. The largest absolute Gasteiger partial charge is 0.480 e. The van der Waals surface area contributed by atoms with Crippen LogP contribution in [0.1, 0.15) is 12.0 Å². The second-order valence-corrected chi connectivity index (χ2v) is 7.31. The summed E-state index contributed by atoms with van der Waals surface area (Å²) < 4.78 is 22.0. The zero-order valence-electron chi connectivity index (χ0n) is 10.8. The molecule has 0 saturated carbocycles. The fourth-order valence-electron chi connectivity index (χ4n) is 1.37. The predicted molar refractivity (Wildman–Crippen MR) is 75.4 cm³/mol. The molecule has 7 nitrogen and oxygen atoms in total. The van der Waals surface area contributed by atoms with Crippen LogP contribution in [0.25, 0.3) is 0 Å². The molecule has 0 fully saturated rings. The van der Waals surface area contributed by atoms with Gasteiger partial charge < -0.3 is 15.7 Å². The first kappa shape index (κ1) is 16.4. The summed E-state index contributed by atoms with van der Waals surface area (Å²) in [4.78, 5) is 22.5. The maximum Gasteiger partial charge on any atom is 0.326 e. The maximum atomic E-state index is 11.5. The molecule has 1 heterocycles. The summed E-state index contributed by atoms with van der Waals surface area (Å²) in [6.45, 7) is 0.285. The van der Waals surface area contributed by atoms with Crippen molar-refractivity contribution in [1.82, 2.24) is 10.6 Å². The van der Waals surface area contributed by atoms with E-state index in [-0.39, 0.29) is 18.7 Å². The van der Waals surface area contributed by atoms with Gasteiger partial charge in [0, 0.05) is 12.8 Å². The third-order valence-corrected chi connectivity index (χ3v) is 4.12. The summed E-state index contributed by atoms with van der Waals surface area (Å²) in [5.74, 6) is -1.56. The van der Waals surface area contributed by atoms with Crippen molar-refractivity contribution in [2.24, 2.45) is 0 Å². The maximum absolute atomic E-state index is 11.5. The first-order valence-corrected chi connectivity index (χ1v) is 8.74. The van der Waals surface area contributed by atoms with E-state index in [1.165, 1.54) is 11.3 Å². The van der Waals surface area contributed by atoms with Crippen molar-refractivity contribution in [3.05, 3.63) is 22.4 Å². The molecule has 9 heteroatoms. The van der Waals surface area contributed by atoms with E-state index in [1.807, 2.05) is 16.8 Å². The number of aliphatic carboxylic acids is 1. The number of hydrogen-bond donors (Lipinski definition) is 3. The van der Waals surface area contributed by atoms with Gasteiger partial charge >= 0.3 is 12.0 Å². The number of hydrogen-bond acceptors (Lipinski definition) is 5. The van der Waals surface area contributed by atoms with Gasteiger partial charge in [-0.2, -0.15) is 11.3 Å². The van der Waals surface area contributed by atoms with E-state index in [4.69, 9.17) is 5.11 Å². The van der Waals surface area contributed by atoms with Gasteiger partial charge in [-0.1, -0.05) is 0 Å². The third-order valence-electron chi connectivity index (χ3n) is 2.41. The molecule has 0 bridgehead atoms. The molecule has 0 aliphatic rings. The van der Waals surface area contributed by atoms with E-state index in [1.54, 1.807) is 0 Å². The summed E-state index contributed by atoms with van der Waals surface area (Å²) in [5, 5.41) is 17.4. The zero-order chi connectivity index (χ0) is 15.2. The van der Waals surface area contributed by atoms with Crippen molar-refractivity contribution in [1.29, 1.82) is 0 Å². The Balaban J connectivity index is 2.44. The van der Waals surface area contributed by atoms with Gasteiger partial charge in [0.05, 0.1) is 5.75 Å². The molecule has 0 aliphatic heterocycles. The minimum absolute atomic E-state index is 0.167. The Bertz CT molecular complexity index is 553. The molecule has 0 radical (unpaired) electrons. The average molecular weight is 320 g/mol. The van der Waals surface area contributed by atoms with Crippen LogP contribution in [-0.2, 0) is 21.2 Å². The molecule has 0 spiro atoms. The van der Waals surface area contributed by atoms with Crippen LogP contribution < -0.4 is 10.6 Å². The van der Waals surface area contributed by atoms with Gasteiger partial charge in [-0.3, -0.25) is 0 Å². The smallest absolute Gasteiger partial charge is 0.326 e. The fourth-order valence-corrected chi connectivity index (χ4v) is 2.71. The van der Waals surface area contributed by atoms with Crippen molar-refractivity contribution < 1.29 is 23.1 Å². The molecule has 1 rings (SSSR count). The Morgan fingerprint density at radius 2 is 2.15 bits per heavy atom. The number of thiophene rings is 1. The van der Waals surface area contributed by atoms with Crippen molar-refractivity contribution in [3.63, 3.8) is 0 Å². The number of carbonyl (C=O) groups is 2. The molecule has 0 aliphatic carbocycles. The highest BCUT2D eigenvalue weighted by molar-refractivity contribution is 7.90. The fraction of sp³-hybridized carbons (Fsp3) is 0.455. The summed E-state index contributed by atoms with van der Waals surface area (Å²) in [7, 11) is -3.27. The van der Waals surface area contributed by atoms with E-state index in [9.17, 15) is 18.0 Å². The lowest BCUT2D eigenvalue weighted by Gasteiger charge is -2.14. The van der Waals surface area contributed by atoms with Crippen LogP contribution in [0.5, 0.6) is 0 Å². The zero-order valence-corrected chi connectivity index (χ0v) is 12.5. The van der Waals surface area contributed by atoms with Crippen molar-refractivity contribution in [2.75, 3.05) is 12.0 Å². The minimum atomic E-state index is -3.27. The molecule has 1 unspecified atom stereocenters. The number of carboxylic acids is 1. The van der Waals surface area contributed by atoms with Gasteiger partial charge in [0.2, 0.25) is 0 Å². The van der Waals surface area contributed by atoms with E-state index in [0.29, 0.717) is 0 Å². The lowest BCUT2D eigenvalue weighted by Crippen LogP contribution is -2.46. The van der Waals surface area contributed by atoms with E-state index in [0.717, 1.165) is 11.8 Å². The molecule has 112 valence electrons. The van der Waals surface area contributed by atoms with Crippen LogP contribution in [-0.4, -0.2) is 43.6 Å². The molecular weight excluding hydrogens is 304 g/mol. The highest BCUT2D eigenvalue weighted by atomic mass is 32.2. The summed E-state index contributed by atoms with van der Waals surface area (Å²) in [6, 6.07) is -0.0344. The highest BCUT2D eigenvalue weighted by Crippen LogP contribution is 2.04. The number of urea groups is 1. The molecule has 2 amide bonds. The first-order valence-electron chi connectivity index (χ1n) is 5.74. The van der Waals surface area contributed by atoms with Crippen LogP contribution >= 0.6 is 11.3 Å². The topological polar surface area (TPSA) is 113 Å². The number of nitrogens with one attached hydrogen (secondary N) is 2. The van der Waals surface area contributed by atoms with Gasteiger partial charge in [0.25, 0.3) is 0 Å². The lowest BCUT2D eigenvalue weighted by atomic mass is 10.2. The monoisotopic (exact) mass is 320 g/mol. The third kappa shape index (κ3) is 6.53. The van der Waals surface area contributed by atoms with Gasteiger partial charge in [0.1, 0.15) is 15.9 Å². The molecule has 3 N–H and O–H groups in total. The van der Waals surface area contributed by atoms with E-state index < -0.39 is 27.9 Å². The van der Waals surface area contributed by atoms with Crippen LogP contribution in [0.2, 0.25) is 0 Å². The summed E-state index contributed by atoms with van der Waals surface area (Å²) >= 11 is 1.49. The van der Waals surface area contributed by atoms with Gasteiger partial charge in [-0.15, -0.1) is 0 Å². The molecule has 20 heavy (non-hydrogen) atoms. The molecular formula is C11H16N2O5S2. The number of sulfone groups is 1. The van der Waals surface area contributed by atoms with Crippen LogP contribution in [0.4, 0.5) is 4.79 Å². The van der Waals surface area contributed by atoms with Crippen molar-refractivity contribution >= 4 is 33.2 Å². The highest BCUT2D eigenvalue weighted by Gasteiger charge is 2.21. The van der Waals surface area contributed by atoms with E-state index >= 15 is 0 Å². The van der Waals surface area contributed by atoms with Crippen LogP contribution in [0.3, 0.4) is 0 Å². The Morgan fingerprint density at radius 3 is 2.65 bits per heavy atom. The normalized spacial score (nSPS) is 12.7. The molecule has 0 saturated heterocycles. The van der Waals surface area contributed by atoms with Crippen molar-refractivity contribution in [3.8, 4) is 0 Å². The average Bonchev–Trinajstić information content (AvgIpc) is 2.83. The van der Waals surface area contributed by atoms with Crippen LogP contribution in [0, 0.1) is 0 Å². The predicted octanol–water partition coefficient (Wildman–Crippen LogP) is 0.435. The van der Waals surface area contributed by atoms with Gasteiger partial charge in [-0.25, -0.2) is 18.0 Å². The number of rotatable bonds is 7. The second kappa shape index (κ2) is 7.25. The molecule has 1 aromatic heterocycles. The SMILES string of the molecule is CS(=O)(=O)CCC(NC(=O)NCc1ccsc1)C(=O)O. The van der Waals surface area contributed by atoms with E-state index in [2.05, 4.69) is 10.6 Å². The first-order chi connectivity index (χ1) is 9.28. The Morgan fingerprint density at radius 1 is 1.45 bits per heavy atom. The Labute approximate surface area is 120 Å². The summed E-state index contributed by atoms with van der Waals surface area (Å²) in [6.07, 6.45) is 0.850. The molecule has 1 aromatic rings. The standard InChI is InChI=1S/C11H16N2O5S2/c1-20(17,18)5-3-9(10(14)15)13-11(16)12-6-8-2-4-19-7-8/h2,4,7,9H,3,5-6H2,1H3,(H,14,15)(H2,12,13,16). The van der Waals surface area contributed by atoms with Gasteiger partial charge in [-0.05, 0) is 28.8 Å². The summed E-state index contributed by atoms with van der Waals surface area (Å²) in [5.41, 5.74) is 0.910. The number of carboxylic acid groups (broad SMARTS) is 1. The second-order valence-electron chi connectivity index (χ2n) is 4.27. The molecule has 0 aromatic carbocycles. The lowest BCUT2D eigenvalue weighted by molar-refractivity contribution is -0.139. The Kier molecular flexibility index (Phi) is 5.96. The number of carbonyl (C=O) groups excluding carboxylic acids is 1. The molecule has 1 atom stereocenters. The van der Waals surface area contributed by atoms with Gasteiger partial charge in [0.15, 0.2) is 0 Å². The Hall–Kier alpha value is -1.61.